The van der Waals surface area contributed by atoms with Crippen LogP contribution in [0, 0.1) is 11.6 Å². The molecule has 8 heteroatoms. The molecule has 0 aliphatic carbocycles. The molecule has 0 amide bonds. The van der Waals surface area contributed by atoms with Crippen LogP contribution in [0.5, 0.6) is 0 Å². The second-order valence-corrected chi connectivity index (χ2v) is 5.65. The lowest BCUT2D eigenvalue weighted by Crippen LogP contribution is -2.29. The van der Waals surface area contributed by atoms with Crippen LogP contribution in [0.25, 0.3) is 11.4 Å². The van der Waals surface area contributed by atoms with Crippen molar-refractivity contribution in [2.45, 2.75) is 13.0 Å². The molecule has 3 rings (SSSR count). The van der Waals surface area contributed by atoms with E-state index in [-0.39, 0.29) is 11.8 Å². The van der Waals surface area contributed by atoms with E-state index in [4.69, 9.17) is 17.1 Å². The highest BCUT2D eigenvalue weighted by atomic mass is 32.1. The lowest BCUT2D eigenvalue weighted by molar-refractivity contribution is 0.0543. The second-order valence-electron chi connectivity index (χ2n) is 5.03. The SMILES string of the molecule is CC(=S)NCC1C=C(c2cc(F)c(-n3ccnc3)c(F)c2)NO1. The van der Waals surface area contributed by atoms with Gasteiger partial charge in [-0.25, -0.2) is 13.8 Å². The first kappa shape index (κ1) is 15.6. The first-order valence-corrected chi connectivity index (χ1v) is 7.31. The maximum absolute atomic E-state index is 14.3. The molecular formula is C15H14F2N4OS. The fourth-order valence-electron chi connectivity index (χ4n) is 2.25. The highest BCUT2D eigenvalue weighted by Gasteiger charge is 2.20. The van der Waals surface area contributed by atoms with E-state index in [2.05, 4.69) is 15.8 Å². The fraction of sp³-hybridized carbons (Fsp3) is 0.200. The average Bonchev–Trinajstić information content (AvgIpc) is 3.16. The van der Waals surface area contributed by atoms with Crippen molar-refractivity contribution in [1.82, 2.24) is 20.3 Å². The maximum atomic E-state index is 14.3. The first-order valence-electron chi connectivity index (χ1n) is 6.90. The standard InChI is InChI=1S/C15H14F2N4OS/c1-9(23)19-7-11-6-14(20-22-11)10-4-12(16)15(13(17)5-10)21-3-2-18-8-21/h2-6,8,11,20H,7H2,1H3,(H,19,23). The summed E-state index contributed by atoms with van der Waals surface area (Å²) in [4.78, 5) is 9.77. The number of halogens is 2. The third kappa shape index (κ3) is 3.38. The molecule has 2 N–H and O–H groups in total. The summed E-state index contributed by atoms with van der Waals surface area (Å²) in [5.74, 6) is -1.37. The predicted molar refractivity (Wildman–Crippen MR) is 85.7 cm³/mol. The number of nitrogens with one attached hydrogen (secondary N) is 2. The Hall–Kier alpha value is -2.32. The number of aromatic nitrogens is 2. The van der Waals surface area contributed by atoms with Gasteiger partial charge in [0.1, 0.15) is 11.8 Å². The minimum Gasteiger partial charge on any atom is -0.377 e. The number of hydrogen-bond donors (Lipinski definition) is 2. The van der Waals surface area contributed by atoms with E-state index in [1.54, 1.807) is 13.0 Å². The summed E-state index contributed by atoms with van der Waals surface area (Å²) in [7, 11) is 0. The molecule has 1 aromatic heterocycles. The van der Waals surface area contributed by atoms with Crippen LogP contribution < -0.4 is 10.8 Å². The number of hydrogen-bond acceptors (Lipinski definition) is 4. The van der Waals surface area contributed by atoms with Crippen molar-refractivity contribution in [2.75, 3.05) is 6.54 Å². The highest BCUT2D eigenvalue weighted by molar-refractivity contribution is 7.80. The van der Waals surface area contributed by atoms with E-state index < -0.39 is 11.6 Å². The van der Waals surface area contributed by atoms with Crippen molar-refractivity contribution in [1.29, 1.82) is 0 Å². The van der Waals surface area contributed by atoms with Gasteiger partial charge in [0.15, 0.2) is 11.6 Å². The molecule has 1 aliphatic rings. The number of benzene rings is 1. The van der Waals surface area contributed by atoms with E-state index in [9.17, 15) is 8.78 Å². The summed E-state index contributed by atoms with van der Waals surface area (Å²) in [5.41, 5.74) is 3.39. The fourth-order valence-corrected chi connectivity index (χ4v) is 2.34. The quantitative estimate of drug-likeness (QED) is 0.840. The molecule has 120 valence electrons. The van der Waals surface area contributed by atoms with E-state index in [1.165, 1.54) is 35.4 Å². The third-order valence-electron chi connectivity index (χ3n) is 3.32. The van der Waals surface area contributed by atoms with Gasteiger partial charge in [-0.3, -0.25) is 10.3 Å². The molecule has 0 radical (unpaired) electrons. The highest BCUT2D eigenvalue weighted by Crippen LogP contribution is 2.25. The van der Waals surface area contributed by atoms with Gasteiger partial charge in [-0.15, -0.1) is 0 Å². The Balaban J connectivity index is 1.84. The Morgan fingerprint density at radius 3 is 2.78 bits per heavy atom. The topological polar surface area (TPSA) is 51.1 Å². The zero-order chi connectivity index (χ0) is 16.4. The molecule has 0 bridgehead atoms. The molecule has 5 nitrogen and oxygen atoms in total. The van der Waals surface area contributed by atoms with Gasteiger partial charge in [0.25, 0.3) is 0 Å². The van der Waals surface area contributed by atoms with Crippen molar-refractivity contribution >= 4 is 22.9 Å². The summed E-state index contributed by atoms with van der Waals surface area (Å²) in [5, 5.41) is 2.97. The Bertz CT molecular complexity index is 738. The van der Waals surface area contributed by atoms with Crippen LogP contribution in [0.15, 0.2) is 36.9 Å². The van der Waals surface area contributed by atoms with Gasteiger partial charge >= 0.3 is 0 Å². The molecule has 1 unspecified atom stereocenters. The van der Waals surface area contributed by atoms with Crippen molar-refractivity contribution in [3.8, 4) is 5.69 Å². The molecule has 2 heterocycles. The van der Waals surface area contributed by atoms with Gasteiger partial charge in [-0.2, -0.15) is 0 Å². The molecule has 0 fully saturated rings. The molecule has 2 aromatic rings. The lowest BCUT2D eigenvalue weighted by Gasteiger charge is -2.10. The van der Waals surface area contributed by atoms with Gasteiger partial charge in [0.2, 0.25) is 0 Å². The Labute approximate surface area is 136 Å². The van der Waals surface area contributed by atoms with Crippen LogP contribution in [0.3, 0.4) is 0 Å². The molecule has 0 saturated heterocycles. The van der Waals surface area contributed by atoms with Crippen LogP contribution in [0.1, 0.15) is 12.5 Å². The van der Waals surface area contributed by atoms with Crippen molar-refractivity contribution in [3.63, 3.8) is 0 Å². The Kier molecular flexibility index (Phi) is 4.35. The summed E-state index contributed by atoms with van der Waals surface area (Å²) in [6.07, 6.45) is 5.75. The zero-order valence-corrected chi connectivity index (χ0v) is 13.0. The molecule has 1 aromatic carbocycles. The largest absolute Gasteiger partial charge is 0.377 e. The zero-order valence-electron chi connectivity index (χ0n) is 12.2. The van der Waals surface area contributed by atoms with Crippen LogP contribution in [-0.4, -0.2) is 27.2 Å². The number of hydroxylamine groups is 1. The number of thiocarbonyl (C=S) groups is 1. The summed E-state index contributed by atoms with van der Waals surface area (Å²) >= 11 is 4.93. The molecule has 1 atom stereocenters. The molecule has 0 saturated carbocycles. The normalized spacial score (nSPS) is 16.8. The van der Waals surface area contributed by atoms with Crippen LogP contribution in [-0.2, 0) is 4.84 Å². The molecule has 1 aliphatic heterocycles. The van der Waals surface area contributed by atoms with Gasteiger partial charge in [-0.05, 0) is 25.1 Å². The molecule has 23 heavy (non-hydrogen) atoms. The minimum atomic E-state index is -0.683. The van der Waals surface area contributed by atoms with Crippen LogP contribution in [0.2, 0.25) is 0 Å². The van der Waals surface area contributed by atoms with Gasteiger partial charge < -0.3 is 9.88 Å². The maximum Gasteiger partial charge on any atom is 0.150 e. The van der Waals surface area contributed by atoms with Gasteiger partial charge in [-0.1, -0.05) is 12.2 Å². The van der Waals surface area contributed by atoms with E-state index >= 15 is 0 Å². The van der Waals surface area contributed by atoms with Crippen molar-refractivity contribution in [2.24, 2.45) is 0 Å². The molecular weight excluding hydrogens is 322 g/mol. The average molecular weight is 336 g/mol. The van der Waals surface area contributed by atoms with Crippen molar-refractivity contribution in [3.05, 3.63) is 54.1 Å². The number of rotatable bonds is 4. The molecule has 0 spiro atoms. The predicted octanol–water partition coefficient (Wildman–Crippen LogP) is 2.33. The van der Waals surface area contributed by atoms with E-state index in [0.29, 0.717) is 22.8 Å². The third-order valence-corrected chi connectivity index (χ3v) is 3.46. The minimum absolute atomic E-state index is 0.166. The lowest BCUT2D eigenvalue weighted by atomic mass is 10.1. The van der Waals surface area contributed by atoms with Gasteiger partial charge in [0.05, 0.1) is 17.0 Å². The summed E-state index contributed by atoms with van der Waals surface area (Å²) in [6.45, 7) is 2.24. The first-order chi connectivity index (χ1) is 11.0. The Morgan fingerprint density at radius 1 is 1.43 bits per heavy atom. The van der Waals surface area contributed by atoms with E-state index in [1.807, 2.05) is 0 Å². The monoisotopic (exact) mass is 336 g/mol. The van der Waals surface area contributed by atoms with Crippen LogP contribution in [0.4, 0.5) is 8.78 Å². The van der Waals surface area contributed by atoms with Gasteiger partial charge in [0, 0.05) is 24.5 Å². The smallest absolute Gasteiger partial charge is 0.150 e. The number of nitrogens with zero attached hydrogens (tertiary/aromatic N) is 2. The van der Waals surface area contributed by atoms with E-state index in [0.717, 1.165) is 0 Å². The summed E-state index contributed by atoms with van der Waals surface area (Å²) in [6, 6.07) is 2.50. The van der Waals surface area contributed by atoms with Crippen molar-refractivity contribution < 1.29 is 13.6 Å². The Morgan fingerprint density at radius 2 is 2.17 bits per heavy atom. The number of imidazole rings is 1. The second kappa shape index (κ2) is 6.43. The summed E-state index contributed by atoms with van der Waals surface area (Å²) < 4.78 is 29.8. The van der Waals surface area contributed by atoms with Crippen LogP contribution >= 0.6 is 12.2 Å².